The summed E-state index contributed by atoms with van der Waals surface area (Å²) in [7, 11) is -3.78. The highest BCUT2D eigenvalue weighted by molar-refractivity contribution is 7.89. The van der Waals surface area contributed by atoms with Crippen molar-refractivity contribution in [3.63, 3.8) is 0 Å². The van der Waals surface area contributed by atoms with Gasteiger partial charge in [-0.1, -0.05) is 0 Å². The maximum atomic E-state index is 12.0. The third-order valence-corrected chi connectivity index (χ3v) is 4.43. The van der Waals surface area contributed by atoms with Gasteiger partial charge in [0.2, 0.25) is 15.8 Å². The molecular weight excluding hydrogens is 274 g/mol. The van der Waals surface area contributed by atoms with Crippen LogP contribution in [0.5, 0.6) is 0 Å². The first-order valence-electron chi connectivity index (χ1n) is 5.85. The maximum Gasteiger partial charge on any atom is 0.371 e. The van der Waals surface area contributed by atoms with Crippen molar-refractivity contribution in [3.05, 3.63) is 17.6 Å². The van der Waals surface area contributed by atoms with Crippen molar-refractivity contribution in [1.82, 2.24) is 4.72 Å². The Bertz CT molecular complexity index is 570. The van der Waals surface area contributed by atoms with E-state index in [9.17, 15) is 13.2 Å². The zero-order valence-electron chi connectivity index (χ0n) is 10.4. The van der Waals surface area contributed by atoms with Gasteiger partial charge >= 0.3 is 5.97 Å². The molecule has 1 aliphatic rings. The van der Waals surface area contributed by atoms with Crippen LogP contribution < -0.4 is 4.72 Å². The standard InChI is InChI=1S/C11H15NO6S/c1-7-10(5-9(18-7)11(13)14)19(15,16)12-6-8-3-2-4-17-8/h5,8,12H,2-4,6H2,1H3,(H,13,14). The zero-order valence-corrected chi connectivity index (χ0v) is 11.2. The minimum atomic E-state index is -3.78. The lowest BCUT2D eigenvalue weighted by Gasteiger charge is -2.10. The average Bonchev–Trinajstić information content (AvgIpc) is 2.95. The van der Waals surface area contributed by atoms with Gasteiger partial charge in [-0.25, -0.2) is 17.9 Å². The largest absolute Gasteiger partial charge is 0.475 e. The number of carbonyl (C=O) groups is 1. The predicted molar refractivity (Wildman–Crippen MR) is 64.6 cm³/mol. The van der Waals surface area contributed by atoms with E-state index >= 15 is 0 Å². The van der Waals surface area contributed by atoms with Crippen molar-refractivity contribution in [2.75, 3.05) is 13.2 Å². The molecule has 2 N–H and O–H groups in total. The number of hydrogen-bond donors (Lipinski definition) is 2. The molecule has 7 nitrogen and oxygen atoms in total. The highest BCUT2D eigenvalue weighted by Gasteiger charge is 2.25. The smallest absolute Gasteiger partial charge is 0.371 e. The first kappa shape index (κ1) is 14.0. The Morgan fingerprint density at radius 1 is 1.58 bits per heavy atom. The van der Waals surface area contributed by atoms with E-state index < -0.39 is 21.8 Å². The highest BCUT2D eigenvalue weighted by Crippen LogP contribution is 2.20. The van der Waals surface area contributed by atoms with Gasteiger partial charge in [0.25, 0.3) is 0 Å². The van der Waals surface area contributed by atoms with Gasteiger partial charge < -0.3 is 14.3 Å². The SMILES string of the molecule is Cc1oc(C(=O)O)cc1S(=O)(=O)NCC1CCCO1. The van der Waals surface area contributed by atoms with Gasteiger partial charge in [0.1, 0.15) is 10.7 Å². The van der Waals surface area contributed by atoms with Crippen LogP contribution in [0.25, 0.3) is 0 Å². The van der Waals surface area contributed by atoms with E-state index in [1.54, 1.807) is 0 Å². The van der Waals surface area contributed by atoms with Gasteiger partial charge in [0.15, 0.2) is 0 Å². The number of rotatable bonds is 5. The van der Waals surface area contributed by atoms with E-state index in [-0.39, 0.29) is 23.3 Å². The van der Waals surface area contributed by atoms with E-state index in [2.05, 4.69) is 4.72 Å². The molecule has 0 saturated carbocycles. The number of hydrogen-bond acceptors (Lipinski definition) is 5. The van der Waals surface area contributed by atoms with Crippen LogP contribution in [0.4, 0.5) is 0 Å². The van der Waals surface area contributed by atoms with Crippen molar-refractivity contribution in [2.24, 2.45) is 0 Å². The molecule has 0 radical (unpaired) electrons. The van der Waals surface area contributed by atoms with Gasteiger partial charge in [-0.05, 0) is 19.8 Å². The summed E-state index contributed by atoms with van der Waals surface area (Å²) in [5.41, 5.74) is 0. The fourth-order valence-corrected chi connectivity index (χ4v) is 3.17. The molecule has 0 aliphatic carbocycles. The van der Waals surface area contributed by atoms with Gasteiger partial charge in [-0.2, -0.15) is 0 Å². The molecule has 19 heavy (non-hydrogen) atoms. The number of carboxylic acids is 1. The van der Waals surface area contributed by atoms with Crippen LogP contribution in [0.3, 0.4) is 0 Å². The second kappa shape index (κ2) is 5.32. The van der Waals surface area contributed by atoms with Crippen molar-refractivity contribution in [3.8, 4) is 0 Å². The number of furan rings is 1. The normalized spacial score (nSPS) is 19.7. The summed E-state index contributed by atoms with van der Waals surface area (Å²) in [6.45, 7) is 2.22. The fraction of sp³-hybridized carbons (Fsp3) is 0.545. The summed E-state index contributed by atoms with van der Waals surface area (Å²) >= 11 is 0. The van der Waals surface area contributed by atoms with E-state index in [0.717, 1.165) is 18.9 Å². The molecule has 1 saturated heterocycles. The minimum absolute atomic E-state index is 0.0530. The van der Waals surface area contributed by atoms with Crippen LogP contribution in [0.2, 0.25) is 0 Å². The number of nitrogens with one attached hydrogen (secondary N) is 1. The molecule has 1 aliphatic heterocycles. The van der Waals surface area contributed by atoms with E-state index in [0.29, 0.717) is 6.61 Å². The summed E-state index contributed by atoms with van der Waals surface area (Å²) in [6.07, 6.45) is 1.61. The summed E-state index contributed by atoms with van der Waals surface area (Å²) in [5, 5.41) is 8.76. The van der Waals surface area contributed by atoms with Crippen LogP contribution in [-0.2, 0) is 14.8 Å². The Hall–Kier alpha value is -1.38. The topological polar surface area (TPSA) is 106 Å². The van der Waals surface area contributed by atoms with Crippen molar-refractivity contribution in [1.29, 1.82) is 0 Å². The van der Waals surface area contributed by atoms with Crippen molar-refractivity contribution >= 4 is 16.0 Å². The molecule has 2 rings (SSSR count). The van der Waals surface area contributed by atoms with Crippen molar-refractivity contribution in [2.45, 2.75) is 30.8 Å². The third kappa shape index (κ3) is 3.14. The Labute approximate surface area is 110 Å². The Morgan fingerprint density at radius 2 is 2.32 bits per heavy atom. The molecule has 2 heterocycles. The molecule has 0 spiro atoms. The summed E-state index contributed by atoms with van der Waals surface area (Å²) in [6, 6.07) is 1.01. The van der Waals surface area contributed by atoms with Crippen molar-refractivity contribution < 1.29 is 27.5 Å². The quantitative estimate of drug-likeness (QED) is 0.828. The number of aryl methyl sites for hydroxylation is 1. The molecule has 1 aromatic rings. The lowest BCUT2D eigenvalue weighted by atomic mass is 10.2. The highest BCUT2D eigenvalue weighted by atomic mass is 32.2. The summed E-state index contributed by atoms with van der Waals surface area (Å²) in [4.78, 5) is 10.6. The summed E-state index contributed by atoms with van der Waals surface area (Å²) in [5.74, 6) is -1.64. The van der Waals surface area contributed by atoms with Gasteiger partial charge in [-0.15, -0.1) is 0 Å². The van der Waals surface area contributed by atoms with Crippen LogP contribution in [0, 0.1) is 6.92 Å². The molecule has 0 bridgehead atoms. The third-order valence-electron chi connectivity index (χ3n) is 2.90. The molecule has 0 amide bonds. The van der Waals surface area contributed by atoms with E-state index in [1.807, 2.05) is 0 Å². The lowest BCUT2D eigenvalue weighted by Crippen LogP contribution is -2.31. The predicted octanol–water partition coefficient (Wildman–Crippen LogP) is 0.744. The first-order chi connectivity index (χ1) is 8.90. The fourth-order valence-electron chi connectivity index (χ4n) is 1.92. The number of aromatic carboxylic acids is 1. The first-order valence-corrected chi connectivity index (χ1v) is 7.33. The molecule has 1 unspecified atom stereocenters. The molecule has 1 fully saturated rings. The molecule has 8 heteroatoms. The Morgan fingerprint density at radius 3 is 2.84 bits per heavy atom. The molecule has 1 aromatic heterocycles. The summed E-state index contributed by atoms with van der Waals surface area (Å²) < 4.78 is 36.7. The molecule has 0 aromatic carbocycles. The zero-order chi connectivity index (χ0) is 14.0. The average molecular weight is 289 g/mol. The Balaban J connectivity index is 2.12. The van der Waals surface area contributed by atoms with Gasteiger partial charge in [0.05, 0.1) is 6.10 Å². The lowest BCUT2D eigenvalue weighted by molar-refractivity contribution is 0.0661. The monoisotopic (exact) mass is 289 g/mol. The maximum absolute atomic E-state index is 12.0. The number of sulfonamides is 1. The van der Waals surface area contributed by atoms with E-state index in [4.69, 9.17) is 14.3 Å². The number of carboxylic acid groups (broad SMARTS) is 1. The second-order valence-electron chi connectivity index (χ2n) is 4.32. The minimum Gasteiger partial charge on any atom is -0.475 e. The molecule has 1 atom stereocenters. The number of ether oxygens (including phenoxy) is 1. The van der Waals surface area contributed by atoms with Gasteiger partial charge in [0, 0.05) is 19.2 Å². The van der Waals surface area contributed by atoms with Crippen LogP contribution in [0.1, 0.15) is 29.2 Å². The second-order valence-corrected chi connectivity index (χ2v) is 6.06. The molecule has 106 valence electrons. The van der Waals surface area contributed by atoms with E-state index in [1.165, 1.54) is 6.92 Å². The van der Waals surface area contributed by atoms with Crippen LogP contribution >= 0.6 is 0 Å². The van der Waals surface area contributed by atoms with Gasteiger partial charge in [-0.3, -0.25) is 0 Å². The van der Waals surface area contributed by atoms with Crippen LogP contribution in [-0.4, -0.2) is 38.7 Å². The Kier molecular flexibility index (Phi) is 3.93. The van der Waals surface area contributed by atoms with Crippen LogP contribution in [0.15, 0.2) is 15.4 Å². The molecular formula is C11H15NO6S.